The van der Waals surface area contributed by atoms with E-state index in [9.17, 15) is 0 Å². The van der Waals surface area contributed by atoms with Crippen molar-refractivity contribution in [2.75, 3.05) is 0 Å². The molecule has 0 fully saturated rings. The zero-order valence-corrected chi connectivity index (χ0v) is 15.1. The summed E-state index contributed by atoms with van der Waals surface area (Å²) in [5.74, 6) is 0.764. The van der Waals surface area contributed by atoms with Crippen LogP contribution >= 0.6 is 11.3 Å². The van der Waals surface area contributed by atoms with Crippen LogP contribution in [0.25, 0.3) is 32.6 Å². The largest absolute Gasteiger partial charge is 0.247 e. The lowest BCUT2D eigenvalue weighted by molar-refractivity contribution is 0.881. The Bertz CT molecular complexity index is 1200. The lowest BCUT2D eigenvalue weighted by Crippen LogP contribution is -1.88. The van der Waals surface area contributed by atoms with Crippen LogP contribution in [0.1, 0.15) is 10.7 Å². The van der Waals surface area contributed by atoms with Gasteiger partial charge in [-0.05, 0) is 45.8 Å². The van der Waals surface area contributed by atoms with Gasteiger partial charge in [-0.1, -0.05) is 48.5 Å². The van der Waals surface area contributed by atoms with Crippen LogP contribution < -0.4 is 0 Å². The number of H-pyrrole nitrogens is 1. The molecule has 1 N–H and O–H groups in total. The highest BCUT2D eigenvalue weighted by Gasteiger charge is 2.11. The highest BCUT2D eigenvalue weighted by atomic mass is 32.1. The zero-order valence-electron chi connectivity index (χ0n) is 14.3. The van der Waals surface area contributed by atoms with Gasteiger partial charge in [0.2, 0.25) is 0 Å². The minimum atomic E-state index is 0.691. The summed E-state index contributed by atoms with van der Waals surface area (Å²) in [4.78, 5) is 7.24. The van der Waals surface area contributed by atoms with Crippen molar-refractivity contribution in [3.8, 4) is 21.7 Å². The summed E-state index contributed by atoms with van der Waals surface area (Å²) in [6.45, 7) is 0. The molecule has 0 unspecified atom stereocenters. The lowest BCUT2D eigenvalue weighted by atomic mass is 10.00. The smallest absolute Gasteiger partial charge is 0.153 e. The number of rotatable bonds is 4. The fourth-order valence-electron chi connectivity index (χ4n) is 3.19. The first-order valence-corrected chi connectivity index (χ1v) is 9.45. The van der Waals surface area contributed by atoms with Crippen molar-refractivity contribution in [3.63, 3.8) is 0 Å². The summed E-state index contributed by atoms with van der Waals surface area (Å²) in [5, 5.41) is 15.2. The van der Waals surface area contributed by atoms with E-state index in [1.54, 1.807) is 11.3 Å². The minimum Gasteiger partial charge on any atom is -0.247 e. The van der Waals surface area contributed by atoms with Gasteiger partial charge in [0.25, 0.3) is 0 Å². The summed E-state index contributed by atoms with van der Waals surface area (Å²) >= 11 is 1.72. The molecule has 2 aromatic carbocycles. The predicted molar refractivity (Wildman–Crippen MR) is 107 cm³/mol. The van der Waals surface area contributed by atoms with Crippen LogP contribution in [0.2, 0.25) is 0 Å². The highest BCUT2D eigenvalue weighted by Crippen LogP contribution is 2.34. The maximum atomic E-state index is 4.90. The molecule has 0 aliphatic heterocycles. The number of nitrogens with zero attached hydrogens (tertiary/aromatic N) is 4. The van der Waals surface area contributed by atoms with Crippen LogP contribution in [0.3, 0.4) is 0 Å². The van der Waals surface area contributed by atoms with Gasteiger partial charge >= 0.3 is 0 Å². The molecule has 3 aromatic heterocycles. The number of benzene rings is 2. The molecule has 0 atom stereocenters. The second-order valence-electron chi connectivity index (χ2n) is 6.23. The maximum absolute atomic E-state index is 4.90. The Morgan fingerprint density at radius 1 is 0.889 bits per heavy atom. The molecule has 6 heteroatoms. The minimum absolute atomic E-state index is 0.691. The van der Waals surface area contributed by atoms with E-state index in [0.29, 0.717) is 6.42 Å². The van der Waals surface area contributed by atoms with Crippen molar-refractivity contribution < 1.29 is 0 Å². The van der Waals surface area contributed by atoms with Gasteiger partial charge in [-0.3, -0.25) is 0 Å². The number of hydrogen-bond donors (Lipinski definition) is 1. The van der Waals surface area contributed by atoms with Crippen molar-refractivity contribution in [1.29, 1.82) is 0 Å². The normalized spacial score (nSPS) is 11.1. The molecular weight excluding hydrogens is 354 g/mol. The first-order valence-electron chi connectivity index (χ1n) is 8.64. The number of tetrazole rings is 1. The average molecular weight is 369 g/mol. The van der Waals surface area contributed by atoms with E-state index in [2.05, 4.69) is 81.3 Å². The first-order chi connectivity index (χ1) is 13.4. The molecule has 5 aromatic rings. The number of thiophene rings is 1. The Labute approximate surface area is 159 Å². The molecule has 3 heterocycles. The van der Waals surface area contributed by atoms with Gasteiger partial charge in [0.15, 0.2) is 5.82 Å². The Hall–Kier alpha value is -3.38. The van der Waals surface area contributed by atoms with Crippen LogP contribution in [0.15, 0.2) is 72.8 Å². The third-order valence-electron chi connectivity index (χ3n) is 4.45. The van der Waals surface area contributed by atoms with Gasteiger partial charge in [0.05, 0.1) is 16.1 Å². The van der Waals surface area contributed by atoms with Crippen LogP contribution in [-0.2, 0) is 6.42 Å². The van der Waals surface area contributed by atoms with Crippen molar-refractivity contribution in [1.82, 2.24) is 25.6 Å². The number of pyridine rings is 1. The lowest BCUT2D eigenvalue weighted by Gasteiger charge is -2.09. The maximum Gasteiger partial charge on any atom is 0.153 e. The van der Waals surface area contributed by atoms with E-state index in [1.807, 2.05) is 12.1 Å². The number of para-hydroxylation sites is 1. The molecule has 0 aliphatic carbocycles. The summed E-state index contributed by atoms with van der Waals surface area (Å²) < 4.78 is 0. The van der Waals surface area contributed by atoms with Gasteiger partial charge in [0.1, 0.15) is 0 Å². The Balaban J connectivity index is 1.61. The Morgan fingerprint density at radius 2 is 1.74 bits per heavy atom. The fraction of sp³-hybridized carbons (Fsp3) is 0.0476. The molecule has 0 saturated carbocycles. The molecule has 0 saturated heterocycles. The van der Waals surface area contributed by atoms with Crippen molar-refractivity contribution in [2.24, 2.45) is 0 Å². The number of aromatic nitrogens is 5. The highest BCUT2D eigenvalue weighted by molar-refractivity contribution is 7.15. The van der Waals surface area contributed by atoms with Crippen molar-refractivity contribution >= 4 is 22.2 Å². The molecule has 0 amide bonds. The van der Waals surface area contributed by atoms with Crippen LogP contribution in [0.5, 0.6) is 0 Å². The number of nitrogens with one attached hydrogen (secondary N) is 1. The standard InChI is InChI=1S/C21H15N5S/c1-2-6-14(7-3-1)17-13-19(22-18-9-5-4-8-16(17)18)20-11-10-15(27-20)12-21-23-25-26-24-21/h1-11,13H,12H2,(H,23,24,25,26). The monoisotopic (exact) mass is 369 g/mol. The average Bonchev–Trinajstić information content (AvgIpc) is 3.40. The molecule has 130 valence electrons. The SMILES string of the molecule is c1ccc(-c2cc(-c3ccc(Cc4nnn[nH]4)s3)nc3ccccc23)cc1. The second kappa shape index (κ2) is 6.74. The molecule has 5 rings (SSSR count). The van der Waals surface area contributed by atoms with E-state index in [0.717, 1.165) is 27.3 Å². The van der Waals surface area contributed by atoms with Crippen molar-refractivity contribution in [2.45, 2.75) is 6.42 Å². The van der Waals surface area contributed by atoms with Gasteiger partial charge in [-0.25, -0.2) is 10.1 Å². The quantitative estimate of drug-likeness (QED) is 0.497. The van der Waals surface area contributed by atoms with E-state index in [1.165, 1.54) is 16.0 Å². The molecular formula is C21H15N5S. The number of hydrogen-bond acceptors (Lipinski definition) is 5. The van der Waals surface area contributed by atoms with E-state index >= 15 is 0 Å². The van der Waals surface area contributed by atoms with Crippen LogP contribution in [-0.4, -0.2) is 25.6 Å². The summed E-state index contributed by atoms with van der Waals surface area (Å²) in [6.07, 6.45) is 0.691. The predicted octanol–water partition coefficient (Wildman–Crippen LogP) is 4.73. The van der Waals surface area contributed by atoms with E-state index in [4.69, 9.17) is 4.98 Å². The second-order valence-corrected chi connectivity index (χ2v) is 7.40. The summed E-state index contributed by atoms with van der Waals surface area (Å²) in [7, 11) is 0. The third kappa shape index (κ3) is 3.11. The summed E-state index contributed by atoms with van der Waals surface area (Å²) in [5.41, 5.74) is 4.38. The fourth-order valence-corrected chi connectivity index (χ4v) is 4.16. The van der Waals surface area contributed by atoms with Gasteiger partial charge in [-0.2, -0.15) is 0 Å². The molecule has 0 aliphatic rings. The molecule has 0 spiro atoms. The third-order valence-corrected chi connectivity index (χ3v) is 5.55. The van der Waals surface area contributed by atoms with Crippen LogP contribution in [0.4, 0.5) is 0 Å². The summed E-state index contributed by atoms with van der Waals surface area (Å²) in [6, 6.07) is 25.2. The molecule has 5 nitrogen and oxygen atoms in total. The zero-order chi connectivity index (χ0) is 18.1. The molecule has 0 radical (unpaired) electrons. The van der Waals surface area contributed by atoms with E-state index < -0.39 is 0 Å². The van der Waals surface area contributed by atoms with Crippen molar-refractivity contribution in [3.05, 3.63) is 83.5 Å². The first kappa shape index (κ1) is 15.8. The Morgan fingerprint density at radius 3 is 2.59 bits per heavy atom. The van der Waals surface area contributed by atoms with Gasteiger partial charge in [0, 0.05) is 16.7 Å². The Kier molecular flexibility index (Phi) is 3.95. The topological polar surface area (TPSA) is 67.3 Å². The van der Waals surface area contributed by atoms with Gasteiger partial charge < -0.3 is 0 Å². The van der Waals surface area contributed by atoms with Crippen LogP contribution in [0, 0.1) is 0 Å². The molecule has 0 bridgehead atoms. The van der Waals surface area contributed by atoms with E-state index in [-0.39, 0.29) is 0 Å². The number of fused-ring (bicyclic) bond motifs is 1. The van der Waals surface area contributed by atoms with Gasteiger partial charge in [-0.15, -0.1) is 16.4 Å². The molecule has 27 heavy (non-hydrogen) atoms. The number of aromatic amines is 1.